The third-order valence-corrected chi connectivity index (χ3v) is 4.92. The molecule has 2 aromatic carbocycles. The van der Waals surface area contributed by atoms with Crippen molar-refractivity contribution in [1.29, 1.82) is 0 Å². The molecule has 0 aliphatic carbocycles. The Bertz CT molecular complexity index is 984. The SMILES string of the molecule is [O-][S+](Cc1ccnc2ccccc12)c1cnc2ccccc2n1. The van der Waals surface area contributed by atoms with Crippen molar-refractivity contribution in [2.45, 2.75) is 10.8 Å². The molecule has 4 rings (SSSR count). The van der Waals surface area contributed by atoms with Gasteiger partial charge in [-0.05, 0) is 24.3 Å². The molecule has 0 saturated heterocycles. The van der Waals surface area contributed by atoms with Gasteiger partial charge in [-0.3, -0.25) is 4.98 Å². The normalized spacial score (nSPS) is 12.6. The van der Waals surface area contributed by atoms with Gasteiger partial charge in [-0.1, -0.05) is 30.3 Å². The lowest BCUT2D eigenvalue weighted by molar-refractivity contribution is 0.590. The highest BCUT2D eigenvalue weighted by molar-refractivity contribution is 7.90. The molecule has 0 amide bonds. The Balaban J connectivity index is 1.69. The van der Waals surface area contributed by atoms with E-state index in [1.807, 2.05) is 54.6 Å². The van der Waals surface area contributed by atoms with Gasteiger partial charge < -0.3 is 4.55 Å². The Morgan fingerprint density at radius 1 is 0.826 bits per heavy atom. The molecule has 5 heteroatoms. The highest BCUT2D eigenvalue weighted by atomic mass is 32.2. The summed E-state index contributed by atoms with van der Waals surface area (Å²) in [6.07, 6.45) is 3.35. The van der Waals surface area contributed by atoms with Gasteiger partial charge in [0, 0.05) is 28.3 Å². The van der Waals surface area contributed by atoms with Crippen LogP contribution in [-0.2, 0) is 16.9 Å². The molecule has 0 saturated carbocycles. The van der Waals surface area contributed by atoms with Crippen LogP contribution in [0.25, 0.3) is 21.9 Å². The maximum atomic E-state index is 12.7. The van der Waals surface area contributed by atoms with Gasteiger partial charge in [0.15, 0.2) is 0 Å². The van der Waals surface area contributed by atoms with Crippen molar-refractivity contribution >= 4 is 33.1 Å². The Hall–Kier alpha value is -2.50. The number of fused-ring (bicyclic) bond motifs is 2. The van der Waals surface area contributed by atoms with Crippen LogP contribution in [-0.4, -0.2) is 19.5 Å². The Morgan fingerprint density at radius 2 is 1.57 bits per heavy atom. The number of rotatable bonds is 3. The van der Waals surface area contributed by atoms with Crippen molar-refractivity contribution in [3.8, 4) is 0 Å². The molecular weight excluding hydrogens is 306 g/mol. The van der Waals surface area contributed by atoms with E-state index >= 15 is 0 Å². The second-order valence-corrected chi connectivity index (χ2v) is 6.57. The minimum Gasteiger partial charge on any atom is -0.610 e. The van der Waals surface area contributed by atoms with Crippen molar-refractivity contribution in [3.05, 3.63) is 72.6 Å². The fraction of sp³-hybridized carbons (Fsp3) is 0.0556. The molecule has 0 aliphatic heterocycles. The predicted octanol–water partition coefficient (Wildman–Crippen LogP) is 3.49. The summed E-state index contributed by atoms with van der Waals surface area (Å²) < 4.78 is 12.7. The maximum Gasteiger partial charge on any atom is 0.263 e. The molecule has 0 aliphatic rings. The van der Waals surface area contributed by atoms with Crippen LogP contribution in [0.5, 0.6) is 0 Å². The molecule has 2 aromatic heterocycles. The van der Waals surface area contributed by atoms with Crippen molar-refractivity contribution in [1.82, 2.24) is 15.0 Å². The van der Waals surface area contributed by atoms with E-state index in [0.29, 0.717) is 10.8 Å². The quantitative estimate of drug-likeness (QED) is 0.542. The summed E-state index contributed by atoms with van der Waals surface area (Å²) in [4.78, 5) is 13.1. The summed E-state index contributed by atoms with van der Waals surface area (Å²) in [5, 5.41) is 1.53. The van der Waals surface area contributed by atoms with Gasteiger partial charge in [-0.25, -0.2) is 4.98 Å². The molecule has 4 nitrogen and oxygen atoms in total. The first-order chi connectivity index (χ1) is 11.3. The van der Waals surface area contributed by atoms with Crippen LogP contribution in [0.3, 0.4) is 0 Å². The molecule has 2 heterocycles. The summed E-state index contributed by atoms with van der Waals surface area (Å²) in [5.41, 5.74) is 3.48. The lowest BCUT2D eigenvalue weighted by Crippen LogP contribution is -2.08. The van der Waals surface area contributed by atoms with E-state index in [9.17, 15) is 4.55 Å². The summed E-state index contributed by atoms with van der Waals surface area (Å²) in [6.45, 7) is 0. The summed E-state index contributed by atoms with van der Waals surface area (Å²) >= 11 is -1.25. The average Bonchev–Trinajstić information content (AvgIpc) is 2.61. The smallest absolute Gasteiger partial charge is 0.263 e. The van der Waals surface area contributed by atoms with Crippen LogP contribution < -0.4 is 0 Å². The molecule has 4 aromatic rings. The monoisotopic (exact) mass is 319 g/mol. The van der Waals surface area contributed by atoms with Gasteiger partial charge in [0.1, 0.15) is 11.9 Å². The molecule has 112 valence electrons. The van der Waals surface area contributed by atoms with Crippen LogP contribution in [0.2, 0.25) is 0 Å². The largest absolute Gasteiger partial charge is 0.610 e. The standard InChI is InChI=1S/C18H13N3OS/c22-23(18-11-20-16-7-3-4-8-17(16)21-18)12-13-9-10-19-15-6-2-1-5-14(13)15/h1-11H,12H2. The van der Waals surface area contributed by atoms with E-state index in [1.165, 1.54) is 0 Å². The minimum atomic E-state index is -1.25. The number of nitrogens with zero attached hydrogens (tertiary/aromatic N) is 3. The Kier molecular flexibility index (Phi) is 3.65. The fourth-order valence-electron chi connectivity index (χ4n) is 2.55. The highest BCUT2D eigenvalue weighted by Crippen LogP contribution is 2.22. The Labute approximate surface area is 136 Å². The van der Waals surface area contributed by atoms with Crippen LogP contribution >= 0.6 is 0 Å². The van der Waals surface area contributed by atoms with Crippen LogP contribution in [0.1, 0.15) is 5.56 Å². The summed E-state index contributed by atoms with van der Waals surface area (Å²) in [5.74, 6) is 0.399. The molecule has 1 unspecified atom stereocenters. The zero-order valence-corrected chi connectivity index (χ0v) is 13.0. The number of pyridine rings is 1. The van der Waals surface area contributed by atoms with Crippen LogP contribution in [0.4, 0.5) is 0 Å². The van der Waals surface area contributed by atoms with Gasteiger partial charge in [0.25, 0.3) is 5.03 Å². The van der Waals surface area contributed by atoms with E-state index < -0.39 is 11.2 Å². The first-order valence-electron chi connectivity index (χ1n) is 7.24. The molecule has 23 heavy (non-hydrogen) atoms. The van der Waals surface area contributed by atoms with E-state index in [4.69, 9.17) is 0 Å². The van der Waals surface area contributed by atoms with Crippen molar-refractivity contribution in [2.75, 3.05) is 0 Å². The Morgan fingerprint density at radius 3 is 2.43 bits per heavy atom. The lowest BCUT2D eigenvalue weighted by atomic mass is 10.1. The van der Waals surface area contributed by atoms with Crippen molar-refractivity contribution < 1.29 is 4.55 Å². The molecular formula is C18H13N3OS. The second kappa shape index (κ2) is 5.95. The lowest BCUT2D eigenvalue weighted by Gasteiger charge is -2.11. The van der Waals surface area contributed by atoms with Crippen molar-refractivity contribution in [2.24, 2.45) is 0 Å². The number of aromatic nitrogens is 3. The number of hydrogen-bond acceptors (Lipinski definition) is 4. The van der Waals surface area contributed by atoms with Crippen molar-refractivity contribution in [3.63, 3.8) is 0 Å². The second-order valence-electron chi connectivity index (χ2n) is 5.17. The van der Waals surface area contributed by atoms with Gasteiger partial charge in [-0.15, -0.1) is 0 Å². The third-order valence-electron chi connectivity index (χ3n) is 3.69. The van der Waals surface area contributed by atoms with Gasteiger partial charge in [-0.2, -0.15) is 4.98 Å². The topological polar surface area (TPSA) is 61.7 Å². The van der Waals surface area contributed by atoms with E-state index in [1.54, 1.807) is 12.4 Å². The average molecular weight is 319 g/mol. The minimum absolute atomic E-state index is 0.399. The summed E-state index contributed by atoms with van der Waals surface area (Å²) in [6, 6.07) is 17.4. The zero-order valence-electron chi connectivity index (χ0n) is 12.2. The van der Waals surface area contributed by atoms with Crippen LogP contribution in [0, 0.1) is 0 Å². The highest BCUT2D eigenvalue weighted by Gasteiger charge is 2.16. The van der Waals surface area contributed by atoms with Crippen LogP contribution in [0.15, 0.2) is 72.0 Å². The number of benzene rings is 2. The maximum absolute atomic E-state index is 12.7. The number of hydrogen-bond donors (Lipinski definition) is 0. The van der Waals surface area contributed by atoms with E-state index in [0.717, 1.165) is 27.5 Å². The van der Waals surface area contributed by atoms with Gasteiger partial charge in [0.05, 0.1) is 16.6 Å². The van der Waals surface area contributed by atoms with Gasteiger partial charge >= 0.3 is 0 Å². The molecule has 0 radical (unpaired) electrons. The molecule has 0 fully saturated rings. The van der Waals surface area contributed by atoms with E-state index in [2.05, 4.69) is 15.0 Å². The fourth-order valence-corrected chi connectivity index (χ4v) is 3.60. The third kappa shape index (κ3) is 2.76. The first kappa shape index (κ1) is 14.1. The zero-order chi connectivity index (χ0) is 15.6. The van der Waals surface area contributed by atoms with E-state index in [-0.39, 0.29) is 0 Å². The molecule has 0 spiro atoms. The first-order valence-corrected chi connectivity index (χ1v) is 8.56. The summed E-state index contributed by atoms with van der Waals surface area (Å²) in [7, 11) is 0. The predicted molar refractivity (Wildman–Crippen MR) is 91.4 cm³/mol. The molecule has 1 atom stereocenters. The molecule has 0 N–H and O–H groups in total. The number of para-hydroxylation sites is 3. The molecule has 0 bridgehead atoms. The van der Waals surface area contributed by atoms with Gasteiger partial charge in [0.2, 0.25) is 0 Å².